The minimum absolute atomic E-state index is 0.102. The first kappa shape index (κ1) is 28.9. The Morgan fingerprint density at radius 3 is 2.34 bits per heavy atom. The lowest BCUT2D eigenvalue weighted by molar-refractivity contribution is 0.106. The van der Waals surface area contributed by atoms with E-state index in [2.05, 4.69) is 11.8 Å². The molecule has 2 aromatic rings. The third kappa shape index (κ3) is 6.91. The van der Waals surface area contributed by atoms with Gasteiger partial charge in [-0.2, -0.15) is 0 Å². The summed E-state index contributed by atoms with van der Waals surface area (Å²) in [5.74, 6) is 0.890. The molecule has 7 heteroatoms. The summed E-state index contributed by atoms with van der Waals surface area (Å²) in [6, 6.07) is 13.1. The summed E-state index contributed by atoms with van der Waals surface area (Å²) in [6.45, 7) is 8.20. The normalized spacial score (nSPS) is 21.9. The van der Waals surface area contributed by atoms with Gasteiger partial charge in [-0.3, -0.25) is 4.31 Å². The number of nitrogens with zero attached hydrogens (tertiary/aromatic N) is 2. The van der Waals surface area contributed by atoms with Crippen LogP contribution in [0.2, 0.25) is 0 Å². The quantitative estimate of drug-likeness (QED) is 0.337. The summed E-state index contributed by atoms with van der Waals surface area (Å²) in [5.41, 5.74) is 3.50. The fourth-order valence-corrected chi connectivity index (χ4v) is 7.57. The number of aryl methyl sites for hydroxylation is 1. The standard InChI is InChI=1S/C31H46N2O4S/c1-4-24-8-12-26(13-9-24)33(22-23(2)3)38(36,37)28-16-17-30-29(21-28)31(35)18-20-32(30)19-6-5-7-25-10-14-27(34)15-11-25/h8-9,12-13,16-17,21,23,25,27,31,34-35H,4-7,10-11,14-15,18-20,22H2,1-3H3. The van der Waals surface area contributed by atoms with E-state index in [0.717, 1.165) is 69.6 Å². The minimum atomic E-state index is -3.79. The van der Waals surface area contributed by atoms with Crippen LogP contribution in [0.4, 0.5) is 11.4 Å². The summed E-state index contributed by atoms with van der Waals surface area (Å²) in [7, 11) is -3.79. The molecule has 0 aromatic heterocycles. The number of hydrogen-bond donors (Lipinski definition) is 2. The molecule has 1 unspecified atom stereocenters. The van der Waals surface area contributed by atoms with Gasteiger partial charge in [0.2, 0.25) is 0 Å². The van der Waals surface area contributed by atoms with E-state index >= 15 is 0 Å². The van der Waals surface area contributed by atoms with Gasteiger partial charge < -0.3 is 15.1 Å². The van der Waals surface area contributed by atoms with E-state index in [1.807, 2.05) is 44.2 Å². The Bertz CT molecular complexity index is 1140. The predicted molar refractivity (Wildman–Crippen MR) is 155 cm³/mol. The second-order valence-electron chi connectivity index (χ2n) is 11.6. The second-order valence-corrected chi connectivity index (χ2v) is 13.5. The van der Waals surface area contributed by atoms with Crippen molar-refractivity contribution in [2.75, 3.05) is 28.8 Å². The zero-order valence-electron chi connectivity index (χ0n) is 23.3. The first-order valence-corrected chi connectivity index (χ1v) is 16.0. The lowest BCUT2D eigenvalue weighted by Gasteiger charge is -2.35. The maximum absolute atomic E-state index is 13.9. The molecule has 0 radical (unpaired) electrons. The van der Waals surface area contributed by atoms with Gasteiger partial charge in [-0.1, -0.05) is 45.7 Å². The van der Waals surface area contributed by atoms with Crippen LogP contribution in [0.1, 0.15) is 89.4 Å². The molecule has 1 heterocycles. The molecule has 2 aliphatic rings. The largest absolute Gasteiger partial charge is 0.393 e. The van der Waals surface area contributed by atoms with Crippen molar-refractivity contribution in [2.24, 2.45) is 11.8 Å². The van der Waals surface area contributed by atoms with Crippen molar-refractivity contribution >= 4 is 21.4 Å². The van der Waals surface area contributed by atoms with Crippen LogP contribution in [-0.2, 0) is 16.4 Å². The van der Waals surface area contributed by atoms with Gasteiger partial charge in [-0.15, -0.1) is 0 Å². The van der Waals surface area contributed by atoms with E-state index in [-0.39, 0.29) is 16.9 Å². The number of rotatable bonds is 11. The molecule has 38 heavy (non-hydrogen) atoms. The molecule has 1 atom stereocenters. The summed E-state index contributed by atoms with van der Waals surface area (Å²) in [5, 5.41) is 20.6. The smallest absolute Gasteiger partial charge is 0.264 e. The molecule has 0 saturated heterocycles. The molecular weight excluding hydrogens is 496 g/mol. The highest BCUT2D eigenvalue weighted by Gasteiger charge is 2.30. The fourth-order valence-electron chi connectivity index (χ4n) is 5.90. The number of unbranched alkanes of at least 4 members (excludes halogenated alkanes) is 1. The van der Waals surface area contributed by atoms with Crippen LogP contribution in [0.15, 0.2) is 47.4 Å². The minimum Gasteiger partial charge on any atom is -0.393 e. The van der Waals surface area contributed by atoms with Crippen LogP contribution in [0.25, 0.3) is 0 Å². The number of aliphatic hydroxyl groups excluding tert-OH is 2. The summed E-state index contributed by atoms with van der Waals surface area (Å²) < 4.78 is 29.3. The van der Waals surface area contributed by atoms with E-state index in [1.54, 1.807) is 12.1 Å². The molecule has 0 amide bonds. The predicted octanol–water partition coefficient (Wildman–Crippen LogP) is 6.07. The number of aliphatic hydroxyl groups is 2. The molecule has 1 aliphatic carbocycles. The van der Waals surface area contributed by atoms with Gasteiger partial charge in [0.05, 0.1) is 22.8 Å². The summed E-state index contributed by atoms with van der Waals surface area (Å²) in [6.07, 6.45) is 8.32. The van der Waals surface area contributed by atoms with E-state index in [9.17, 15) is 18.6 Å². The highest BCUT2D eigenvalue weighted by Crippen LogP contribution is 2.37. The lowest BCUT2D eigenvalue weighted by atomic mass is 9.84. The number of fused-ring (bicyclic) bond motifs is 1. The zero-order valence-corrected chi connectivity index (χ0v) is 24.2. The number of benzene rings is 2. The molecule has 1 aliphatic heterocycles. The first-order chi connectivity index (χ1) is 18.2. The van der Waals surface area contributed by atoms with Crippen LogP contribution >= 0.6 is 0 Å². The van der Waals surface area contributed by atoms with Gasteiger partial charge in [0, 0.05) is 30.9 Å². The first-order valence-electron chi connectivity index (χ1n) is 14.6. The maximum atomic E-state index is 13.9. The Labute approximate surface area is 229 Å². The topological polar surface area (TPSA) is 81.1 Å². The van der Waals surface area contributed by atoms with Gasteiger partial charge >= 0.3 is 0 Å². The molecule has 0 spiro atoms. The molecule has 1 saturated carbocycles. The molecule has 1 fully saturated rings. The van der Waals surface area contributed by atoms with Crippen LogP contribution in [0, 0.1) is 11.8 Å². The van der Waals surface area contributed by atoms with Crippen molar-refractivity contribution in [3.8, 4) is 0 Å². The zero-order chi connectivity index (χ0) is 27.3. The van der Waals surface area contributed by atoms with Crippen molar-refractivity contribution in [2.45, 2.75) is 95.7 Å². The Morgan fingerprint density at radius 1 is 0.974 bits per heavy atom. The Balaban J connectivity index is 1.49. The van der Waals surface area contributed by atoms with Crippen molar-refractivity contribution in [3.63, 3.8) is 0 Å². The van der Waals surface area contributed by atoms with Crippen molar-refractivity contribution in [1.82, 2.24) is 0 Å². The third-order valence-corrected chi connectivity index (χ3v) is 10.0. The van der Waals surface area contributed by atoms with Gasteiger partial charge in [-0.25, -0.2) is 8.42 Å². The van der Waals surface area contributed by atoms with Gasteiger partial charge in [0.15, 0.2) is 0 Å². The highest BCUT2D eigenvalue weighted by atomic mass is 32.2. The Kier molecular flexibility index (Phi) is 9.77. The van der Waals surface area contributed by atoms with Crippen LogP contribution < -0.4 is 9.21 Å². The SMILES string of the molecule is CCc1ccc(N(CC(C)C)S(=O)(=O)c2ccc3c(c2)C(O)CCN3CCCCC2CCC(O)CC2)cc1. The number of sulfonamides is 1. The van der Waals surface area contributed by atoms with Crippen molar-refractivity contribution in [3.05, 3.63) is 53.6 Å². The number of anilines is 2. The Hall–Kier alpha value is -2.09. The summed E-state index contributed by atoms with van der Waals surface area (Å²) in [4.78, 5) is 2.54. The average Bonchev–Trinajstić information content (AvgIpc) is 2.91. The van der Waals surface area contributed by atoms with Crippen molar-refractivity contribution < 1.29 is 18.6 Å². The monoisotopic (exact) mass is 542 g/mol. The molecule has 0 bridgehead atoms. The summed E-state index contributed by atoms with van der Waals surface area (Å²) >= 11 is 0. The fraction of sp³-hybridized carbons (Fsp3) is 0.613. The van der Waals surface area contributed by atoms with Gasteiger partial charge in [0.1, 0.15) is 0 Å². The third-order valence-electron chi connectivity index (χ3n) is 8.23. The molecule has 4 rings (SSSR count). The van der Waals surface area contributed by atoms with Crippen molar-refractivity contribution in [1.29, 1.82) is 0 Å². The van der Waals surface area contributed by atoms with Gasteiger partial charge in [0.25, 0.3) is 10.0 Å². The van der Waals surface area contributed by atoms with E-state index < -0.39 is 16.1 Å². The Morgan fingerprint density at radius 2 is 1.68 bits per heavy atom. The molecule has 2 aromatic carbocycles. The van der Waals surface area contributed by atoms with E-state index in [4.69, 9.17) is 0 Å². The maximum Gasteiger partial charge on any atom is 0.264 e. The van der Waals surface area contributed by atoms with E-state index in [0.29, 0.717) is 24.2 Å². The lowest BCUT2D eigenvalue weighted by Crippen LogP contribution is -2.35. The molecule has 210 valence electrons. The number of hydrogen-bond acceptors (Lipinski definition) is 5. The molecule has 6 nitrogen and oxygen atoms in total. The molecule has 2 N–H and O–H groups in total. The second kappa shape index (κ2) is 12.8. The van der Waals surface area contributed by atoms with Crippen LogP contribution in [0.3, 0.4) is 0 Å². The molecular formula is C31H46N2O4S. The van der Waals surface area contributed by atoms with Crippen LogP contribution in [-0.4, -0.2) is 44.4 Å². The highest BCUT2D eigenvalue weighted by molar-refractivity contribution is 7.92. The van der Waals surface area contributed by atoms with Crippen LogP contribution in [0.5, 0.6) is 0 Å². The van der Waals surface area contributed by atoms with Gasteiger partial charge in [-0.05, 0) is 92.7 Å². The van der Waals surface area contributed by atoms with E-state index in [1.165, 1.54) is 16.3 Å². The average molecular weight is 543 g/mol.